The molecule has 0 aliphatic carbocycles. The summed E-state index contributed by atoms with van der Waals surface area (Å²) in [5.74, 6) is -2.20. The van der Waals surface area contributed by atoms with Gasteiger partial charge in [-0.2, -0.15) is 4.31 Å². The monoisotopic (exact) mass is 277 g/mol. The van der Waals surface area contributed by atoms with Gasteiger partial charge in [0.1, 0.15) is 6.54 Å². The number of carboxylic acid groups (broad SMARTS) is 1. The standard InChI is InChI=1S/C10H12FNO5S/c1-12(6-10(13)14)18(15,16)7-3-4-8(11)9(5-7)17-2/h3-5H,6H2,1-2H3,(H,13,14). The van der Waals surface area contributed by atoms with Crippen molar-refractivity contribution < 1.29 is 27.4 Å². The third kappa shape index (κ3) is 2.96. The van der Waals surface area contributed by atoms with Crippen LogP contribution < -0.4 is 4.74 Å². The summed E-state index contributed by atoms with van der Waals surface area (Å²) in [4.78, 5) is 10.2. The number of carbonyl (C=O) groups is 1. The van der Waals surface area contributed by atoms with Gasteiger partial charge in [0, 0.05) is 13.1 Å². The predicted octanol–water partition coefficient (Wildman–Crippen LogP) is 0.539. The predicted molar refractivity (Wildman–Crippen MR) is 60.4 cm³/mol. The largest absolute Gasteiger partial charge is 0.494 e. The first-order chi connectivity index (χ1) is 8.28. The van der Waals surface area contributed by atoms with Gasteiger partial charge in [0.05, 0.1) is 12.0 Å². The average molecular weight is 277 g/mol. The third-order valence-corrected chi connectivity index (χ3v) is 3.99. The minimum atomic E-state index is -3.98. The Labute approximate surface area is 104 Å². The summed E-state index contributed by atoms with van der Waals surface area (Å²) in [5, 5.41) is 8.55. The summed E-state index contributed by atoms with van der Waals surface area (Å²) in [7, 11) is -1.65. The smallest absolute Gasteiger partial charge is 0.318 e. The van der Waals surface area contributed by atoms with E-state index in [1.165, 1.54) is 7.11 Å². The van der Waals surface area contributed by atoms with Crippen LogP contribution in [0.4, 0.5) is 4.39 Å². The maximum absolute atomic E-state index is 13.1. The van der Waals surface area contributed by atoms with Crippen LogP contribution in [0.1, 0.15) is 0 Å². The van der Waals surface area contributed by atoms with Crippen molar-refractivity contribution in [3.05, 3.63) is 24.0 Å². The molecule has 0 fully saturated rings. The van der Waals surface area contributed by atoms with Gasteiger partial charge in [-0.25, -0.2) is 12.8 Å². The van der Waals surface area contributed by atoms with Crippen LogP contribution in [0.15, 0.2) is 23.1 Å². The molecule has 0 aliphatic heterocycles. The molecule has 0 spiro atoms. The van der Waals surface area contributed by atoms with Gasteiger partial charge < -0.3 is 9.84 Å². The van der Waals surface area contributed by atoms with Crippen LogP contribution in [0, 0.1) is 5.82 Å². The molecule has 6 nitrogen and oxygen atoms in total. The zero-order valence-corrected chi connectivity index (χ0v) is 10.6. The molecule has 0 saturated heterocycles. The highest BCUT2D eigenvalue weighted by Gasteiger charge is 2.23. The summed E-state index contributed by atoms with van der Waals surface area (Å²) in [6.07, 6.45) is 0. The zero-order valence-electron chi connectivity index (χ0n) is 9.75. The van der Waals surface area contributed by atoms with Crippen molar-refractivity contribution in [3.8, 4) is 5.75 Å². The molecule has 100 valence electrons. The van der Waals surface area contributed by atoms with Gasteiger partial charge in [0.25, 0.3) is 0 Å². The molecular formula is C10H12FNO5S. The van der Waals surface area contributed by atoms with Crippen LogP contribution in [0.2, 0.25) is 0 Å². The Balaban J connectivity index is 3.16. The Hall–Kier alpha value is -1.67. The Morgan fingerprint density at radius 2 is 2.11 bits per heavy atom. The summed E-state index contributed by atoms with van der Waals surface area (Å²) in [5.41, 5.74) is 0. The van der Waals surface area contributed by atoms with Crippen molar-refractivity contribution in [1.29, 1.82) is 0 Å². The number of sulfonamides is 1. The maximum Gasteiger partial charge on any atom is 0.318 e. The van der Waals surface area contributed by atoms with Gasteiger partial charge in [-0.15, -0.1) is 0 Å². The molecule has 1 aromatic carbocycles. The normalized spacial score (nSPS) is 11.6. The number of carboxylic acids is 1. The number of aliphatic carboxylic acids is 1. The molecule has 1 aromatic rings. The second kappa shape index (κ2) is 5.32. The first-order valence-electron chi connectivity index (χ1n) is 4.80. The minimum absolute atomic E-state index is 0.222. The fraction of sp³-hybridized carbons (Fsp3) is 0.300. The van der Waals surface area contributed by atoms with Crippen LogP contribution in [-0.2, 0) is 14.8 Å². The number of likely N-dealkylation sites (N-methyl/N-ethyl adjacent to an activating group) is 1. The lowest BCUT2D eigenvalue weighted by Gasteiger charge is -2.15. The summed E-state index contributed by atoms with van der Waals surface area (Å²) in [6.45, 7) is -0.679. The number of hydrogen-bond donors (Lipinski definition) is 1. The molecule has 0 aromatic heterocycles. The van der Waals surface area contributed by atoms with E-state index in [0.29, 0.717) is 4.31 Å². The molecule has 0 aliphatic rings. The van der Waals surface area contributed by atoms with Gasteiger partial charge >= 0.3 is 5.97 Å². The van der Waals surface area contributed by atoms with Crippen molar-refractivity contribution >= 4 is 16.0 Å². The van der Waals surface area contributed by atoms with Gasteiger partial charge in [-0.1, -0.05) is 0 Å². The van der Waals surface area contributed by atoms with E-state index in [-0.39, 0.29) is 10.6 Å². The van der Waals surface area contributed by atoms with Gasteiger partial charge in [-0.3, -0.25) is 4.79 Å². The van der Waals surface area contributed by atoms with Gasteiger partial charge in [0.15, 0.2) is 11.6 Å². The maximum atomic E-state index is 13.1. The molecule has 0 amide bonds. The fourth-order valence-corrected chi connectivity index (χ4v) is 2.39. The fourth-order valence-electron chi connectivity index (χ4n) is 1.26. The molecule has 18 heavy (non-hydrogen) atoms. The van der Waals surface area contributed by atoms with E-state index in [1.54, 1.807) is 0 Å². The number of rotatable bonds is 5. The molecule has 0 saturated carbocycles. The summed E-state index contributed by atoms with van der Waals surface area (Å²) >= 11 is 0. The second-order valence-electron chi connectivity index (χ2n) is 3.45. The van der Waals surface area contributed by atoms with Crippen LogP contribution in [0.25, 0.3) is 0 Å². The van der Waals surface area contributed by atoms with E-state index < -0.39 is 28.4 Å². The highest BCUT2D eigenvalue weighted by Crippen LogP contribution is 2.23. The molecule has 0 bridgehead atoms. The number of nitrogens with zero attached hydrogens (tertiary/aromatic N) is 1. The SMILES string of the molecule is COc1cc(S(=O)(=O)N(C)CC(=O)O)ccc1F. The van der Waals surface area contributed by atoms with Gasteiger partial charge in [-0.05, 0) is 12.1 Å². The van der Waals surface area contributed by atoms with Crippen LogP contribution in [0.3, 0.4) is 0 Å². The molecule has 0 unspecified atom stereocenters. The molecule has 1 rings (SSSR count). The molecular weight excluding hydrogens is 265 g/mol. The van der Waals surface area contributed by atoms with E-state index in [1.807, 2.05) is 0 Å². The van der Waals surface area contributed by atoms with E-state index in [2.05, 4.69) is 4.74 Å². The Morgan fingerprint density at radius 1 is 1.50 bits per heavy atom. The quantitative estimate of drug-likeness (QED) is 0.849. The van der Waals surface area contributed by atoms with Crippen LogP contribution in [-0.4, -0.2) is 44.5 Å². The van der Waals surface area contributed by atoms with Crippen molar-refractivity contribution in [2.45, 2.75) is 4.90 Å². The zero-order chi connectivity index (χ0) is 13.9. The first-order valence-corrected chi connectivity index (χ1v) is 6.24. The summed E-state index contributed by atoms with van der Waals surface area (Å²) in [6, 6.07) is 2.99. The van der Waals surface area contributed by atoms with Crippen molar-refractivity contribution in [2.75, 3.05) is 20.7 Å². The Bertz CT molecular complexity index is 557. The molecule has 0 radical (unpaired) electrons. The summed E-state index contributed by atoms with van der Waals surface area (Å²) < 4.78 is 42.3. The van der Waals surface area contributed by atoms with Crippen molar-refractivity contribution in [3.63, 3.8) is 0 Å². The van der Waals surface area contributed by atoms with Gasteiger partial charge in [0.2, 0.25) is 10.0 Å². The van der Waals surface area contributed by atoms with Crippen LogP contribution in [0.5, 0.6) is 5.75 Å². The number of benzene rings is 1. The first kappa shape index (κ1) is 14.4. The van der Waals surface area contributed by atoms with E-state index in [9.17, 15) is 17.6 Å². The number of methoxy groups -OCH3 is 1. The third-order valence-electron chi connectivity index (χ3n) is 2.19. The van der Waals surface area contributed by atoms with Crippen molar-refractivity contribution in [2.24, 2.45) is 0 Å². The highest BCUT2D eigenvalue weighted by atomic mass is 32.2. The van der Waals surface area contributed by atoms with Crippen LogP contribution >= 0.6 is 0 Å². The van der Waals surface area contributed by atoms with E-state index in [0.717, 1.165) is 25.2 Å². The molecule has 8 heteroatoms. The lowest BCUT2D eigenvalue weighted by Crippen LogP contribution is -2.32. The lowest BCUT2D eigenvalue weighted by atomic mass is 10.3. The molecule has 0 atom stereocenters. The second-order valence-corrected chi connectivity index (χ2v) is 5.50. The minimum Gasteiger partial charge on any atom is -0.494 e. The Morgan fingerprint density at radius 3 is 2.61 bits per heavy atom. The van der Waals surface area contributed by atoms with Crippen molar-refractivity contribution in [1.82, 2.24) is 4.31 Å². The lowest BCUT2D eigenvalue weighted by molar-refractivity contribution is -0.137. The van der Waals surface area contributed by atoms with E-state index >= 15 is 0 Å². The average Bonchev–Trinajstić information content (AvgIpc) is 2.28. The number of ether oxygens (including phenoxy) is 1. The number of hydrogen-bond acceptors (Lipinski definition) is 4. The molecule has 0 heterocycles. The highest BCUT2D eigenvalue weighted by molar-refractivity contribution is 7.89. The number of halogens is 1. The topological polar surface area (TPSA) is 83.9 Å². The van der Waals surface area contributed by atoms with E-state index in [4.69, 9.17) is 5.11 Å². The molecule has 1 N–H and O–H groups in total. The Kier molecular flexibility index (Phi) is 4.25.